The van der Waals surface area contributed by atoms with Crippen LogP contribution in [0.5, 0.6) is 0 Å². The highest BCUT2D eigenvalue weighted by Gasteiger charge is 1.90. The molecule has 6 nitrogen and oxygen atoms in total. The number of hydrazine groups is 2. The van der Waals surface area contributed by atoms with E-state index < -0.39 is 6.03 Å². The molecule has 0 unspecified atom stereocenters. The first-order chi connectivity index (χ1) is 3.81. The molecule has 5 N–H and O–H groups in total. The average Bonchev–Trinajstić information content (AvgIpc) is 1.68. The lowest BCUT2D eigenvalue weighted by molar-refractivity contribution is 0.125. The largest absolute Gasteiger partial charge is 0.345 e. The number of nitrogens with one attached hydrogen (secondary N) is 4. The van der Waals surface area contributed by atoms with Crippen LogP contribution in [-0.2, 0) is 0 Å². The maximum absolute atomic E-state index is 10.1. The van der Waals surface area contributed by atoms with E-state index in [0.717, 1.165) is 0 Å². The summed E-state index contributed by atoms with van der Waals surface area (Å²) in [4.78, 5) is 10.1. The molecule has 0 aliphatic heterocycles. The highest BCUT2D eigenvalue weighted by Crippen LogP contribution is 1.49. The van der Waals surface area contributed by atoms with Crippen molar-refractivity contribution in [2.45, 2.75) is 0 Å². The fraction of sp³-hybridized carbons (Fsp3) is 0.500. The van der Waals surface area contributed by atoms with Gasteiger partial charge >= 0.3 is 6.03 Å². The molecule has 0 bridgehead atoms. The van der Waals surface area contributed by atoms with Crippen LogP contribution in [-0.4, -0.2) is 18.3 Å². The van der Waals surface area contributed by atoms with Crippen LogP contribution in [0.2, 0.25) is 0 Å². The predicted octanol–water partition coefficient (Wildman–Crippen LogP) is -1.69. The summed E-state index contributed by atoms with van der Waals surface area (Å²) in [6, 6.07) is -0.560. The Morgan fingerprint density at radius 2 is 2.12 bits per heavy atom. The van der Waals surface area contributed by atoms with Gasteiger partial charge in [0, 0.05) is 7.05 Å². The molecule has 0 aromatic carbocycles. The van der Waals surface area contributed by atoms with Crippen LogP contribution in [0.4, 0.5) is 4.79 Å². The van der Waals surface area contributed by atoms with Gasteiger partial charge in [0.15, 0.2) is 0 Å². The third kappa shape index (κ3) is 3.34. The van der Waals surface area contributed by atoms with E-state index in [4.69, 9.17) is 5.21 Å². The van der Waals surface area contributed by atoms with Crippen LogP contribution < -0.4 is 21.9 Å². The van der Waals surface area contributed by atoms with Crippen molar-refractivity contribution < 1.29 is 10.0 Å². The lowest BCUT2D eigenvalue weighted by Gasteiger charge is -2.00. The van der Waals surface area contributed by atoms with E-state index in [0.29, 0.717) is 0 Å². The molecule has 6 heteroatoms. The maximum atomic E-state index is 10.1. The van der Waals surface area contributed by atoms with E-state index in [-0.39, 0.29) is 0 Å². The number of hydrogen-bond donors (Lipinski definition) is 5. The van der Waals surface area contributed by atoms with E-state index in [1.807, 2.05) is 5.43 Å². The van der Waals surface area contributed by atoms with Gasteiger partial charge in [-0.3, -0.25) is 10.6 Å². The molecule has 0 spiro atoms. The molecule has 0 rings (SSSR count). The molecule has 2 amide bonds. The number of carbonyl (C=O) groups excluding carboxylic acids is 1. The molecular weight excluding hydrogens is 112 g/mol. The molecule has 0 radical (unpaired) electrons. The molecule has 0 fully saturated rings. The second-order valence-corrected chi connectivity index (χ2v) is 0.941. The van der Waals surface area contributed by atoms with E-state index in [2.05, 4.69) is 10.9 Å². The summed E-state index contributed by atoms with van der Waals surface area (Å²) in [5.74, 6) is 0. The van der Waals surface area contributed by atoms with Crippen molar-refractivity contribution >= 4 is 6.03 Å². The van der Waals surface area contributed by atoms with Crippen LogP contribution in [0.1, 0.15) is 0 Å². The van der Waals surface area contributed by atoms with Crippen molar-refractivity contribution in [3.63, 3.8) is 0 Å². The fourth-order valence-corrected chi connectivity index (χ4v) is 0.196. The minimum atomic E-state index is -0.560. The van der Waals surface area contributed by atoms with Gasteiger partial charge in [-0.1, -0.05) is 0 Å². The molecule has 0 aliphatic carbocycles. The van der Waals surface area contributed by atoms with Gasteiger partial charge in [-0.2, -0.15) is 0 Å². The van der Waals surface area contributed by atoms with Crippen molar-refractivity contribution in [2.75, 3.05) is 7.05 Å². The number of urea groups is 1. The van der Waals surface area contributed by atoms with E-state index in [1.165, 1.54) is 12.6 Å². The predicted molar refractivity (Wildman–Crippen MR) is 25.6 cm³/mol. The van der Waals surface area contributed by atoms with Crippen molar-refractivity contribution in [3.05, 3.63) is 0 Å². The van der Waals surface area contributed by atoms with Crippen LogP contribution in [0.25, 0.3) is 0 Å². The van der Waals surface area contributed by atoms with Gasteiger partial charge in [0.05, 0.1) is 0 Å². The van der Waals surface area contributed by atoms with Crippen molar-refractivity contribution in [1.82, 2.24) is 21.9 Å². The quantitative estimate of drug-likeness (QED) is 0.282. The van der Waals surface area contributed by atoms with E-state index in [9.17, 15) is 4.79 Å². The summed E-state index contributed by atoms with van der Waals surface area (Å²) in [7, 11) is 1.52. The lowest BCUT2D eigenvalue weighted by Crippen LogP contribution is -2.47. The normalized spacial score (nSPS) is 8.25. The van der Waals surface area contributed by atoms with Gasteiger partial charge in [0.2, 0.25) is 0 Å². The number of amides is 2. The monoisotopic (exact) mass is 120 g/mol. The SMILES string of the molecule is CNNC(=O)NNO. The summed E-state index contributed by atoms with van der Waals surface area (Å²) in [6.07, 6.45) is 0. The highest BCUT2D eigenvalue weighted by molar-refractivity contribution is 5.72. The van der Waals surface area contributed by atoms with Gasteiger partial charge in [0.25, 0.3) is 0 Å². The van der Waals surface area contributed by atoms with E-state index >= 15 is 0 Å². The van der Waals surface area contributed by atoms with Crippen molar-refractivity contribution in [3.8, 4) is 0 Å². The molecule has 0 heterocycles. The van der Waals surface area contributed by atoms with Crippen LogP contribution in [0.15, 0.2) is 0 Å². The van der Waals surface area contributed by atoms with Gasteiger partial charge < -0.3 is 0 Å². The minimum absolute atomic E-state index is 0.560. The standard InChI is InChI=1S/C2H8N4O2/c1-3-4-2(7)5-6-8/h3,6,8H,1H3,(H2,4,5,7). The van der Waals surface area contributed by atoms with Crippen LogP contribution in [0, 0.1) is 0 Å². The summed E-state index contributed by atoms with van der Waals surface area (Å²) in [5, 5.41) is 7.81. The molecule has 0 aromatic rings. The second-order valence-electron chi connectivity index (χ2n) is 0.941. The molecule has 0 saturated heterocycles. The number of rotatable bonds is 2. The zero-order valence-electron chi connectivity index (χ0n) is 4.36. The molecule has 0 aliphatic rings. The average molecular weight is 120 g/mol. The zero-order valence-corrected chi connectivity index (χ0v) is 4.36. The molecule has 0 saturated carbocycles. The fourth-order valence-electron chi connectivity index (χ4n) is 0.196. The van der Waals surface area contributed by atoms with Gasteiger partial charge in [0.1, 0.15) is 0 Å². The van der Waals surface area contributed by atoms with Crippen molar-refractivity contribution in [1.29, 1.82) is 0 Å². The maximum Gasteiger partial charge on any atom is 0.345 e. The minimum Gasteiger partial charge on any atom is -0.297 e. The molecule has 48 valence electrons. The Bertz CT molecular complexity index is 66.4. The molecular formula is C2H8N4O2. The Balaban J connectivity index is 3.06. The third-order valence-electron chi connectivity index (χ3n) is 0.408. The Morgan fingerprint density at radius 3 is 2.50 bits per heavy atom. The molecule has 8 heavy (non-hydrogen) atoms. The van der Waals surface area contributed by atoms with Crippen molar-refractivity contribution in [2.24, 2.45) is 0 Å². The van der Waals surface area contributed by atoms with Gasteiger partial charge in [-0.25, -0.2) is 15.6 Å². The molecule has 0 aromatic heterocycles. The first-order valence-corrected chi connectivity index (χ1v) is 1.93. The lowest BCUT2D eigenvalue weighted by atomic mass is 11.1. The second kappa shape index (κ2) is 4.31. The number of hydrogen-bond acceptors (Lipinski definition) is 4. The number of carbonyl (C=O) groups is 1. The van der Waals surface area contributed by atoms with Crippen LogP contribution >= 0.6 is 0 Å². The van der Waals surface area contributed by atoms with Gasteiger partial charge in [-0.15, -0.1) is 5.59 Å². The summed E-state index contributed by atoms with van der Waals surface area (Å²) >= 11 is 0. The highest BCUT2D eigenvalue weighted by atomic mass is 16.5. The summed E-state index contributed by atoms with van der Waals surface area (Å²) in [6.45, 7) is 0. The van der Waals surface area contributed by atoms with Crippen LogP contribution in [0.3, 0.4) is 0 Å². The molecule has 0 atom stereocenters. The Hall–Kier alpha value is -0.850. The summed E-state index contributed by atoms with van der Waals surface area (Å²) < 4.78 is 0. The Kier molecular flexibility index (Phi) is 3.85. The topological polar surface area (TPSA) is 85.4 Å². The Morgan fingerprint density at radius 1 is 1.50 bits per heavy atom. The van der Waals surface area contributed by atoms with Gasteiger partial charge in [-0.05, 0) is 0 Å². The third-order valence-corrected chi connectivity index (χ3v) is 0.408. The Labute approximate surface area is 46.2 Å². The smallest absolute Gasteiger partial charge is 0.297 e. The summed E-state index contributed by atoms with van der Waals surface area (Å²) in [5.41, 5.74) is 7.75. The zero-order chi connectivity index (χ0) is 6.41. The first kappa shape index (κ1) is 7.15. The van der Waals surface area contributed by atoms with E-state index in [1.54, 1.807) is 0 Å². The first-order valence-electron chi connectivity index (χ1n) is 1.93.